The molecule has 0 bridgehead atoms. The number of pyridine rings is 1. The molecule has 0 saturated carbocycles. The van der Waals surface area contributed by atoms with E-state index in [0.717, 1.165) is 22.3 Å². The molecule has 0 unspecified atom stereocenters. The monoisotopic (exact) mass is 403 g/mol. The maximum atomic E-state index is 12.5. The summed E-state index contributed by atoms with van der Waals surface area (Å²) in [5.41, 5.74) is 4.15. The third kappa shape index (κ3) is 4.30. The number of anilines is 1. The van der Waals surface area contributed by atoms with E-state index in [9.17, 15) is 14.4 Å². The van der Waals surface area contributed by atoms with Crippen LogP contribution in [0, 0.1) is 0 Å². The van der Waals surface area contributed by atoms with Crippen LogP contribution in [0.25, 0.3) is 11.6 Å². The average molecular weight is 403 g/mol. The summed E-state index contributed by atoms with van der Waals surface area (Å²) in [6, 6.07) is 8.74. The second-order valence-electron chi connectivity index (χ2n) is 7.30. The zero-order valence-electron chi connectivity index (χ0n) is 16.3. The van der Waals surface area contributed by atoms with E-state index in [4.69, 9.17) is 5.11 Å². The highest BCUT2D eigenvalue weighted by molar-refractivity contribution is 5.94. The van der Waals surface area contributed by atoms with Crippen molar-refractivity contribution in [2.45, 2.75) is 19.3 Å². The number of hydrogen-bond donors (Lipinski definition) is 2. The molecule has 3 heterocycles. The molecule has 7 heteroatoms. The fourth-order valence-corrected chi connectivity index (χ4v) is 3.60. The Balaban J connectivity index is 1.38. The summed E-state index contributed by atoms with van der Waals surface area (Å²) in [6.45, 7) is 1.11. The number of rotatable bonds is 4. The van der Waals surface area contributed by atoms with Crippen molar-refractivity contribution in [2.24, 2.45) is 0 Å². The van der Waals surface area contributed by atoms with Crippen molar-refractivity contribution in [3.63, 3.8) is 0 Å². The molecule has 0 radical (unpaired) electrons. The van der Waals surface area contributed by atoms with Gasteiger partial charge in [0.2, 0.25) is 11.8 Å². The smallest absolute Gasteiger partial charge is 0.335 e. The fraction of sp³-hybridized carbons (Fsp3) is 0.217. The van der Waals surface area contributed by atoms with Gasteiger partial charge in [-0.2, -0.15) is 0 Å². The number of benzene rings is 1. The highest BCUT2D eigenvalue weighted by Gasteiger charge is 2.18. The van der Waals surface area contributed by atoms with E-state index in [1.807, 2.05) is 12.1 Å². The van der Waals surface area contributed by atoms with Crippen LogP contribution >= 0.6 is 0 Å². The molecular formula is C23H21N3O4. The van der Waals surface area contributed by atoms with Crippen LogP contribution in [0.4, 0.5) is 5.82 Å². The van der Waals surface area contributed by atoms with Gasteiger partial charge in [-0.15, -0.1) is 0 Å². The number of amides is 2. The second-order valence-corrected chi connectivity index (χ2v) is 7.30. The van der Waals surface area contributed by atoms with Crippen molar-refractivity contribution < 1.29 is 19.5 Å². The first-order valence-electron chi connectivity index (χ1n) is 9.78. The van der Waals surface area contributed by atoms with Crippen molar-refractivity contribution in [1.82, 2.24) is 9.88 Å². The predicted octanol–water partition coefficient (Wildman–Crippen LogP) is 2.99. The number of hydrogen-bond acceptors (Lipinski definition) is 4. The van der Waals surface area contributed by atoms with Gasteiger partial charge in [0.15, 0.2) is 0 Å². The number of aryl methyl sites for hydroxylation is 1. The van der Waals surface area contributed by atoms with E-state index in [1.54, 1.807) is 47.5 Å². The van der Waals surface area contributed by atoms with Gasteiger partial charge < -0.3 is 15.3 Å². The van der Waals surface area contributed by atoms with Crippen LogP contribution in [0.5, 0.6) is 0 Å². The van der Waals surface area contributed by atoms with E-state index in [-0.39, 0.29) is 17.4 Å². The van der Waals surface area contributed by atoms with Crippen molar-refractivity contribution in [2.75, 3.05) is 18.4 Å². The Morgan fingerprint density at radius 3 is 2.63 bits per heavy atom. The Bertz CT molecular complexity index is 1070. The van der Waals surface area contributed by atoms with Crippen molar-refractivity contribution >= 4 is 35.3 Å². The van der Waals surface area contributed by atoms with Gasteiger partial charge in [0.05, 0.1) is 5.56 Å². The zero-order chi connectivity index (χ0) is 21.1. The van der Waals surface area contributed by atoms with Gasteiger partial charge in [-0.05, 0) is 59.4 Å². The van der Waals surface area contributed by atoms with E-state index < -0.39 is 5.97 Å². The summed E-state index contributed by atoms with van der Waals surface area (Å²) in [4.78, 5) is 40.9. The second kappa shape index (κ2) is 8.32. The Labute approximate surface area is 173 Å². The highest BCUT2D eigenvalue weighted by Crippen LogP contribution is 2.24. The first-order chi connectivity index (χ1) is 14.5. The fourth-order valence-electron chi connectivity index (χ4n) is 3.60. The molecule has 2 N–H and O–H groups in total. The molecule has 0 aliphatic carbocycles. The van der Waals surface area contributed by atoms with Crippen LogP contribution in [-0.2, 0) is 16.0 Å². The van der Waals surface area contributed by atoms with Gasteiger partial charge >= 0.3 is 5.97 Å². The van der Waals surface area contributed by atoms with Gasteiger partial charge in [0.1, 0.15) is 5.82 Å². The lowest BCUT2D eigenvalue weighted by atomic mass is 9.98. The summed E-state index contributed by atoms with van der Waals surface area (Å²) in [5, 5.41) is 11.7. The molecule has 0 spiro atoms. The van der Waals surface area contributed by atoms with Crippen LogP contribution in [0.2, 0.25) is 0 Å². The molecule has 1 aromatic carbocycles. The molecule has 2 aliphatic rings. The van der Waals surface area contributed by atoms with Crippen molar-refractivity contribution in [3.05, 3.63) is 70.9 Å². The van der Waals surface area contributed by atoms with Gasteiger partial charge in [-0.25, -0.2) is 9.78 Å². The molecule has 0 atom stereocenters. The molecular weight excluding hydrogens is 382 g/mol. The number of aromatic nitrogens is 1. The van der Waals surface area contributed by atoms with Gasteiger partial charge in [0, 0.05) is 31.8 Å². The van der Waals surface area contributed by atoms with Crippen LogP contribution in [0.15, 0.2) is 48.7 Å². The Hall–Kier alpha value is -3.74. The highest BCUT2D eigenvalue weighted by atomic mass is 16.4. The normalized spacial score (nSPS) is 16.1. The minimum atomic E-state index is -0.943. The summed E-state index contributed by atoms with van der Waals surface area (Å²) in [6.07, 6.45) is 8.75. The number of fused-ring (bicyclic) bond motifs is 1. The topological polar surface area (TPSA) is 99.6 Å². The molecule has 2 amide bonds. The molecule has 152 valence electrons. The molecule has 1 aromatic heterocycles. The minimum absolute atomic E-state index is 0.0242. The summed E-state index contributed by atoms with van der Waals surface area (Å²) in [7, 11) is 0. The van der Waals surface area contributed by atoms with Crippen LogP contribution in [-0.4, -0.2) is 45.9 Å². The van der Waals surface area contributed by atoms with Gasteiger partial charge in [0.25, 0.3) is 0 Å². The van der Waals surface area contributed by atoms with Crippen molar-refractivity contribution in [3.8, 4) is 0 Å². The van der Waals surface area contributed by atoms with Crippen LogP contribution < -0.4 is 5.32 Å². The Morgan fingerprint density at radius 1 is 1.13 bits per heavy atom. The molecule has 2 aromatic rings. The van der Waals surface area contributed by atoms with Gasteiger partial charge in [-0.3, -0.25) is 9.59 Å². The van der Waals surface area contributed by atoms with E-state index in [0.29, 0.717) is 38.2 Å². The lowest BCUT2D eigenvalue weighted by molar-refractivity contribution is -0.125. The van der Waals surface area contributed by atoms with E-state index >= 15 is 0 Å². The number of carbonyl (C=O) groups excluding carboxylic acids is 2. The Kier molecular flexibility index (Phi) is 5.43. The molecule has 0 fully saturated rings. The molecule has 2 aliphatic heterocycles. The van der Waals surface area contributed by atoms with Gasteiger partial charge in [-0.1, -0.05) is 18.2 Å². The standard InChI is InChI=1S/C23H21N3O4/c27-20-7-6-19-13-15(14-24-22(19)25-20)1-8-21(28)26-11-9-17(10-12-26)16-2-4-18(5-3-16)23(29)30/h1-5,8-9,13-14H,6-7,10-12H2,(H,29,30)(H,24,25,27). The lowest BCUT2D eigenvalue weighted by Gasteiger charge is -2.25. The number of nitrogens with one attached hydrogen (secondary N) is 1. The summed E-state index contributed by atoms with van der Waals surface area (Å²) in [5.74, 6) is -0.442. The van der Waals surface area contributed by atoms with Crippen LogP contribution in [0.3, 0.4) is 0 Å². The first kappa shape index (κ1) is 19.6. The number of carbonyl (C=O) groups is 3. The third-order valence-corrected chi connectivity index (χ3v) is 5.31. The summed E-state index contributed by atoms with van der Waals surface area (Å²) < 4.78 is 0. The SMILES string of the molecule is O=C1CCc2cc(C=CC(=O)N3CC=C(c4ccc(C(=O)O)cc4)CC3)cnc2N1. The maximum Gasteiger partial charge on any atom is 0.335 e. The number of carboxylic acids is 1. The average Bonchev–Trinajstić information content (AvgIpc) is 2.77. The van der Waals surface area contributed by atoms with Crippen LogP contribution in [0.1, 0.15) is 39.9 Å². The largest absolute Gasteiger partial charge is 0.478 e. The Morgan fingerprint density at radius 2 is 1.93 bits per heavy atom. The van der Waals surface area contributed by atoms with Crippen molar-refractivity contribution in [1.29, 1.82) is 0 Å². The van der Waals surface area contributed by atoms with E-state index in [1.165, 1.54) is 0 Å². The molecule has 30 heavy (non-hydrogen) atoms. The number of nitrogens with zero attached hydrogens (tertiary/aromatic N) is 2. The predicted molar refractivity (Wildman–Crippen MR) is 113 cm³/mol. The summed E-state index contributed by atoms with van der Waals surface area (Å²) >= 11 is 0. The molecule has 4 rings (SSSR count). The number of aromatic carboxylic acids is 1. The quantitative estimate of drug-likeness (QED) is 0.765. The minimum Gasteiger partial charge on any atom is -0.478 e. The van der Waals surface area contributed by atoms with E-state index in [2.05, 4.69) is 10.3 Å². The maximum absolute atomic E-state index is 12.5. The third-order valence-electron chi connectivity index (χ3n) is 5.31. The first-order valence-corrected chi connectivity index (χ1v) is 9.78. The lowest BCUT2D eigenvalue weighted by Crippen LogP contribution is -2.33. The number of carboxylic acid groups (broad SMARTS) is 1. The molecule has 7 nitrogen and oxygen atoms in total. The molecule has 0 saturated heterocycles. The zero-order valence-corrected chi connectivity index (χ0v) is 16.3.